The number of thiazole rings is 1. The van der Waals surface area contributed by atoms with Gasteiger partial charge >= 0.3 is 11.7 Å². The van der Waals surface area contributed by atoms with Crippen molar-refractivity contribution in [1.82, 2.24) is 14.8 Å². The normalized spacial score (nSPS) is 11.8. The van der Waals surface area contributed by atoms with Crippen molar-refractivity contribution in [3.63, 3.8) is 0 Å². The topological polar surface area (TPSA) is 119 Å². The molecule has 0 saturated carbocycles. The molecule has 0 fully saturated rings. The molecule has 13 heteroatoms. The van der Waals surface area contributed by atoms with Crippen LogP contribution in [0.25, 0.3) is 27.6 Å². The molecule has 2 heterocycles. The van der Waals surface area contributed by atoms with Crippen LogP contribution in [0.3, 0.4) is 0 Å². The highest BCUT2D eigenvalue weighted by Gasteiger charge is 2.30. The van der Waals surface area contributed by atoms with Gasteiger partial charge in [-0.2, -0.15) is 23.0 Å². The molecule has 0 unspecified atom stereocenters. The van der Waals surface area contributed by atoms with Gasteiger partial charge in [-0.1, -0.05) is 35.9 Å². The number of nitro benzene ring substituents is 1. The Bertz CT molecular complexity index is 1750. The van der Waals surface area contributed by atoms with Gasteiger partial charge in [-0.05, 0) is 37.3 Å². The molecule has 0 spiro atoms. The van der Waals surface area contributed by atoms with Gasteiger partial charge in [0.2, 0.25) is 5.13 Å². The first-order valence-corrected chi connectivity index (χ1v) is 12.2. The van der Waals surface area contributed by atoms with Crippen molar-refractivity contribution in [2.24, 2.45) is 10.2 Å². The fraction of sp³-hybridized carbons (Fsp3) is 0.0769. The number of aryl methyl sites for hydroxylation is 1. The summed E-state index contributed by atoms with van der Waals surface area (Å²) in [5, 5.41) is 23.9. The summed E-state index contributed by atoms with van der Waals surface area (Å²) in [5.41, 5.74) is 1.09. The summed E-state index contributed by atoms with van der Waals surface area (Å²) in [6, 6.07) is 17.3. The van der Waals surface area contributed by atoms with E-state index in [0.717, 1.165) is 27.9 Å². The smallest absolute Gasteiger partial charge is 0.286 e. The van der Waals surface area contributed by atoms with Gasteiger partial charge in [-0.3, -0.25) is 20.0 Å². The molecular formula is C26H17F3N6O3S. The number of alkyl halides is 3. The lowest BCUT2D eigenvalue weighted by atomic mass is 10.1. The summed E-state index contributed by atoms with van der Waals surface area (Å²) in [6.45, 7) is 1.96. The van der Waals surface area contributed by atoms with Gasteiger partial charge in [0, 0.05) is 28.6 Å². The third-order valence-corrected chi connectivity index (χ3v) is 6.53. The molecule has 9 nitrogen and oxygen atoms in total. The minimum atomic E-state index is -4.57. The molecule has 0 saturated heterocycles. The third kappa shape index (κ3) is 5.38. The highest BCUT2D eigenvalue weighted by molar-refractivity contribution is 7.12. The summed E-state index contributed by atoms with van der Waals surface area (Å²) in [5.74, 6) is 0. The van der Waals surface area contributed by atoms with Crippen molar-refractivity contribution >= 4 is 28.4 Å². The molecule has 1 N–H and O–H groups in total. The maximum Gasteiger partial charge on any atom is 0.416 e. The summed E-state index contributed by atoms with van der Waals surface area (Å²) in [4.78, 5) is 28.5. The molecule has 196 valence electrons. The number of nitrogens with one attached hydrogen (secondary N) is 1. The minimum absolute atomic E-state index is 0.109. The second kappa shape index (κ2) is 10.1. The monoisotopic (exact) mass is 550 g/mol. The molecule has 0 amide bonds. The first-order valence-electron chi connectivity index (χ1n) is 11.3. The van der Waals surface area contributed by atoms with Gasteiger partial charge in [0.05, 0.1) is 27.6 Å². The summed E-state index contributed by atoms with van der Waals surface area (Å²) in [6.07, 6.45) is -4.57. The third-order valence-electron chi connectivity index (χ3n) is 5.70. The summed E-state index contributed by atoms with van der Waals surface area (Å²) >= 11 is 1.19. The second-order valence-corrected chi connectivity index (χ2v) is 9.25. The van der Waals surface area contributed by atoms with E-state index in [2.05, 4.69) is 20.3 Å². The lowest BCUT2D eigenvalue weighted by Gasteiger charge is -2.05. The number of non-ortho nitro benzene ring substituents is 1. The Morgan fingerprint density at radius 1 is 1.00 bits per heavy atom. The molecular weight excluding hydrogens is 533 g/mol. The van der Waals surface area contributed by atoms with E-state index in [4.69, 9.17) is 0 Å². The standard InChI is InChI=1S/C26H17F3N6O3S/c1-15-5-7-16(8-6-15)21-14-39-25(30-21)34-24(36)23(22(33-34)17-9-11-20(12-10-17)35(37)38)32-31-19-4-2-3-18(13-19)26(27,28)29/h2-14,33H,1H3. The number of aromatic amines is 1. The zero-order chi connectivity index (χ0) is 27.7. The lowest BCUT2D eigenvalue weighted by molar-refractivity contribution is -0.384. The SMILES string of the molecule is Cc1ccc(-c2csc(-n3[nH]c(-c4ccc([N+](=O)[O-])cc4)c(N=Nc4cccc(C(F)(F)F)c4)c3=O)n2)cc1. The molecule has 5 rings (SSSR count). The van der Waals surface area contributed by atoms with E-state index >= 15 is 0 Å². The zero-order valence-corrected chi connectivity index (χ0v) is 20.8. The van der Waals surface area contributed by atoms with E-state index in [1.165, 1.54) is 47.7 Å². The van der Waals surface area contributed by atoms with Crippen LogP contribution in [0, 0.1) is 17.0 Å². The van der Waals surface area contributed by atoms with E-state index in [-0.39, 0.29) is 22.8 Å². The number of nitro groups is 1. The van der Waals surface area contributed by atoms with Crippen LogP contribution in [0.4, 0.5) is 30.2 Å². The van der Waals surface area contributed by atoms with E-state index in [9.17, 15) is 28.1 Å². The van der Waals surface area contributed by atoms with Gasteiger partial charge < -0.3 is 0 Å². The molecule has 0 aliphatic rings. The molecule has 2 aromatic heterocycles. The number of nitrogens with zero attached hydrogens (tertiary/aromatic N) is 5. The number of halogens is 3. The number of rotatable bonds is 6. The molecule has 0 atom stereocenters. The van der Waals surface area contributed by atoms with Gasteiger partial charge in [0.1, 0.15) is 0 Å². The van der Waals surface area contributed by atoms with Crippen LogP contribution in [-0.4, -0.2) is 19.7 Å². The Morgan fingerprint density at radius 3 is 2.36 bits per heavy atom. The molecule has 0 aliphatic carbocycles. The van der Waals surface area contributed by atoms with Gasteiger partial charge in [0.25, 0.3) is 5.69 Å². The largest absolute Gasteiger partial charge is 0.416 e. The van der Waals surface area contributed by atoms with Crippen LogP contribution < -0.4 is 5.56 Å². The number of aromatic nitrogens is 3. The maximum absolute atomic E-state index is 13.4. The van der Waals surface area contributed by atoms with Crippen LogP contribution >= 0.6 is 11.3 Å². The predicted molar refractivity (Wildman–Crippen MR) is 140 cm³/mol. The quantitative estimate of drug-likeness (QED) is 0.133. The Morgan fingerprint density at radius 2 is 1.69 bits per heavy atom. The van der Waals surface area contributed by atoms with Crippen LogP contribution in [0.1, 0.15) is 11.1 Å². The van der Waals surface area contributed by atoms with E-state index < -0.39 is 22.2 Å². The molecule has 0 bridgehead atoms. The average molecular weight is 551 g/mol. The first kappa shape index (κ1) is 25.7. The van der Waals surface area contributed by atoms with Gasteiger partial charge in [-0.25, -0.2) is 4.98 Å². The number of hydrogen-bond acceptors (Lipinski definition) is 7. The predicted octanol–water partition coefficient (Wildman–Crippen LogP) is 7.61. The lowest BCUT2D eigenvalue weighted by Crippen LogP contribution is -2.13. The number of benzene rings is 3. The van der Waals surface area contributed by atoms with Crippen molar-refractivity contribution in [1.29, 1.82) is 0 Å². The summed E-state index contributed by atoms with van der Waals surface area (Å²) in [7, 11) is 0. The first-order chi connectivity index (χ1) is 18.6. The zero-order valence-electron chi connectivity index (χ0n) is 20.0. The Labute approximate surface area is 222 Å². The van der Waals surface area contributed by atoms with E-state index in [1.54, 1.807) is 5.38 Å². The highest BCUT2D eigenvalue weighted by atomic mass is 32.1. The number of hydrogen-bond donors (Lipinski definition) is 1. The molecule has 39 heavy (non-hydrogen) atoms. The van der Waals surface area contributed by atoms with Crippen molar-refractivity contribution < 1.29 is 18.1 Å². The van der Waals surface area contributed by atoms with Crippen molar-refractivity contribution in [2.45, 2.75) is 13.1 Å². The fourth-order valence-electron chi connectivity index (χ4n) is 3.68. The van der Waals surface area contributed by atoms with E-state index in [0.29, 0.717) is 16.4 Å². The summed E-state index contributed by atoms with van der Waals surface area (Å²) < 4.78 is 40.5. The average Bonchev–Trinajstić information content (AvgIpc) is 3.52. The van der Waals surface area contributed by atoms with Gasteiger partial charge in [0.15, 0.2) is 5.69 Å². The van der Waals surface area contributed by atoms with E-state index in [1.807, 2.05) is 31.2 Å². The van der Waals surface area contributed by atoms with Crippen molar-refractivity contribution in [3.05, 3.63) is 110 Å². The van der Waals surface area contributed by atoms with Crippen LogP contribution in [0.5, 0.6) is 0 Å². The fourth-order valence-corrected chi connectivity index (χ4v) is 4.47. The Balaban J connectivity index is 1.59. The van der Waals surface area contributed by atoms with Crippen LogP contribution in [0.15, 0.2) is 93.2 Å². The number of H-pyrrole nitrogens is 1. The Kier molecular flexibility index (Phi) is 6.66. The minimum Gasteiger partial charge on any atom is -0.286 e. The van der Waals surface area contributed by atoms with Crippen molar-refractivity contribution in [3.8, 4) is 27.6 Å². The maximum atomic E-state index is 13.4. The van der Waals surface area contributed by atoms with Gasteiger partial charge in [-0.15, -0.1) is 16.5 Å². The van der Waals surface area contributed by atoms with Crippen LogP contribution in [-0.2, 0) is 6.18 Å². The van der Waals surface area contributed by atoms with Crippen molar-refractivity contribution in [2.75, 3.05) is 0 Å². The molecule has 5 aromatic rings. The number of azo groups is 1. The Hall–Kier alpha value is -4.91. The second-order valence-electron chi connectivity index (χ2n) is 8.41. The molecule has 3 aromatic carbocycles. The highest BCUT2D eigenvalue weighted by Crippen LogP contribution is 2.34. The molecule has 0 aliphatic heterocycles. The van der Waals surface area contributed by atoms with Crippen LogP contribution in [0.2, 0.25) is 0 Å². The molecule has 0 radical (unpaired) electrons.